The van der Waals surface area contributed by atoms with Gasteiger partial charge in [0, 0.05) is 58.7 Å². The lowest BCUT2D eigenvalue weighted by atomic mass is 10.1. The second-order valence-corrected chi connectivity index (χ2v) is 7.05. The number of hydrogen-bond donors (Lipinski definition) is 2. The van der Waals surface area contributed by atoms with Gasteiger partial charge in [-0.2, -0.15) is 5.10 Å². The molecule has 0 aliphatic carbocycles. The van der Waals surface area contributed by atoms with Gasteiger partial charge < -0.3 is 15.5 Å². The summed E-state index contributed by atoms with van der Waals surface area (Å²) in [5, 5.41) is 11.4. The van der Waals surface area contributed by atoms with Crippen LogP contribution in [0, 0.1) is 0 Å². The molecule has 0 atom stereocenters. The van der Waals surface area contributed by atoms with Gasteiger partial charge in [0.1, 0.15) is 5.82 Å². The molecule has 2 aromatic rings. The second-order valence-electron chi connectivity index (χ2n) is 7.05. The first kappa shape index (κ1) is 20.7. The molecule has 0 saturated heterocycles. The van der Waals surface area contributed by atoms with Crippen molar-refractivity contribution in [3.05, 3.63) is 41.9 Å². The molecule has 0 saturated carbocycles. The van der Waals surface area contributed by atoms with Crippen LogP contribution in [0.5, 0.6) is 0 Å². The van der Waals surface area contributed by atoms with Crippen LogP contribution in [0.3, 0.4) is 0 Å². The highest BCUT2D eigenvalue weighted by Gasteiger charge is 2.14. The van der Waals surface area contributed by atoms with E-state index in [0.717, 1.165) is 49.9 Å². The highest BCUT2D eigenvalue weighted by molar-refractivity contribution is 5.79. The number of aryl methyl sites for hydroxylation is 1. The van der Waals surface area contributed by atoms with Crippen LogP contribution >= 0.6 is 0 Å². The SMILES string of the molecule is CN=C(NCCCCNc1ccccn1)N(C)Cc1cn(C)nc1C(C)C. The summed E-state index contributed by atoms with van der Waals surface area (Å²) < 4.78 is 1.89. The average Bonchev–Trinajstić information content (AvgIpc) is 3.02. The number of guanidine groups is 1. The smallest absolute Gasteiger partial charge is 0.193 e. The molecule has 0 spiro atoms. The second kappa shape index (κ2) is 10.5. The summed E-state index contributed by atoms with van der Waals surface area (Å²) in [4.78, 5) is 10.8. The number of anilines is 1. The zero-order valence-electron chi connectivity index (χ0n) is 17.2. The minimum Gasteiger partial charge on any atom is -0.370 e. The minimum atomic E-state index is 0.413. The summed E-state index contributed by atoms with van der Waals surface area (Å²) >= 11 is 0. The molecule has 27 heavy (non-hydrogen) atoms. The Balaban J connectivity index is 1.73. The van der Waals surface area contributed by atoms with Crippen LogP contribution in [0.4, 0.5) is 5.82 Å². The Morgan fingerprint density at radius 3 is 2.70 bits per heavy atom. The first-order chi connectivity index (χ1) is 13.0. The van der Waals surface area contributed by atoms with Crippen LogP contribution < -0.4 is 10.6 Å². The fraction of sp³-hybridized carbons (Fsp3) is 0.550. The first-order valence-electron chi connectivity index (χ1n) is 9.60. The molecule has 2 heterocycles. The van der Waals surface area contributed by atoms with Gasteiger partial charge in [-0.15, -0.1) is 0 Å². The standard InChI is InChI=1S/C20H33N7/c1-16(2)19-17(15-27(5)25-19)14-26(4)20(21-3)24-13-9-8-12-23-18-10-6-7-11-22-18/h6-7,10-11,15-16H,8-9,12-14H2,1-5H3,(H,21,24)(H,22,23). The van der Waals surface area contributed by atoms with Crippen LogP contribution in [-0.2, 0) is 13.6 Å². The predicted octanol–water partition coefficient (Wildman–Crippen LogP) is 2.84. The van der Waals surface area contributed by atoms with Gasteiger partial charge in [-0.25, -0.2) is 4.98 Å². The van der Waals surface area contributed by atoms with Crippen LogP contribution in [0.2, 0.25) is 0 Å². The summed E-state index contributed by atoms with van der Waals surface area (Å²) in [6, 6.07) is 5.90. The van der Waals surface area contributed by atoms with E-state index in [9.17, 15) is 0 Å². The summed E-state index contributed by atoms with van der Waals surface area (Å²) in [7, 11) is 5.87. The highest BCUT2D eigenvalue weighted by Crippen LogP contribution is 2.18. The van der Waals surface area contributed by atoms with Crippen molar-refractivity contribution in [2.45, 2.75) is 39.2 Å². The van der Waals surface area contributed by atoms with Gasteiger partial charge in [-0.05, 0) is 30.9 Å². The third-order valence-corrected chi connectivity index (χ3v) is 4.32. The predicted molar refractivity (Wildman–Crippen MR) is 112 cm³/mol. The fourth-order valence-electron chi connectivity index (χ4n) is 3.01. The molecule has 0 radical (unpaired) electrons. The molecular weight excluding hydrogens is 338 g/mol. The maximum atomic E-state index is 4.59. The lowest BCUT2D eigenvalue weighted by Crippen LogP contribution is -2.39. The van der Waals surface area contributed by atoms with Crippen molar-refractivity contribution in [1.29, 1.82) is 0 Å². The number of rotatable bonds is 9. The molecule has 0 aliphatic rings. The van der Waals surface area contributed by atoms with E-state index in [1.807, 2.05) is 37.0 Å². The Bertz CT molecular complexity index is 706. The molecule has 0 aromatic carbocycles. The molecule has 0 unspecified atom stereocenters. The maximum absolute atomic E-state index is 4.59. The van der Waals surface area contributed by atoms with E-state index in [4.69, 9.17) is 0 Å². The Hall–Kier alpha value is -2.57. The number of nitrogens with one attached hydrogen (secondary N) is 2. The molecule has 0 bridgehead atoms. The molecule has 2 aromatic heterocycles. The molecule has 0 amide bonds. The number of aromatic nitrogens is 3. The third kappa shape index (κ3) is 6.58. The molecule has 148 valence electrons. The fourth-order valence-corrected chi connectivity index (χ4v) is 3.01. The van der Waals surface area contributed by atoms with Crippen LogP contribution in [0.1, 0.15) is 43.9 Å². The number of pyridine rings is 1. The van der Waals surface area contributed by atoms with Crippen LogP contribution in [0.15, 0.2) is 35.6 Å². The molecule has 7 nitrogen and oxygen atoms in total. The van der Waals surface area contributed by atoms with Crippen molar-refractivity contribution in [1.82, 2.24) is 25.0 Å². The Morgan fingerprint density at radius 2 is 2.04 bits per heavy atom. The summed E-state index contributed by atoms with van der Waals surface area (Å²) in [6.07, 6.45) is 6.04. The van der Waals surface area contributed by atoms with E-state index in [1.165, 1.54) is 5.56 Å². The van der Waals surface area contributed by atoms with Gasteiger partial charge in [0.05, 0.1) is 5.69 Å². The van der Waals surface area contributed by atoms with Crippen molar-refractivity contribution in [2.24, 2.45) is 12.0 Å². The van der Waals surface area contributed by atoms with E-state index in [2.05, 4.69) is 57.7 Å². The normalized spacial score (nSPS) is 11.7. The lowest BCUT2D eigenvalue weighted by Gasteiger charge is -2.22. The minimum absolute atomic E-state index is 0.413. The molecule has 7 heteroatoms. The van der Waals surface area contributed by atoms with Gasteiger partial charge in [0.25, 0.3) is 0 Å². The van der Waals surface area contributed by atoms with Gasteiger partial charge in [0.2, 0.25) is 0 Å². The van der Waals surface area contributed by atoms with E-state index in [1.54, 1.807) is 6.20 Å². The number of hydrogen-bond acceptors (Lipinski definition) is 4. The van der Waals surface area contributed by atoms with Crippen molar-refractivity contribution < 1.29 is 0 Å². The van der Waals surface area contributed by atoms with E-state index in [0.29, 0.717) is 5.92 Å². The summed E-state index contributed by atoms with van der Waals surface area (Å²) in [5.41, 5.74) is 2.40. The van der Waals surface area contributed by atoms with Gasteiger partial charge in [-0.3, -0.25) is 9.67 Å². The largest absolute Gasteiger partial charge is 0.370 e. The monoisotopic (exact) mass is 371 g/mol. The van der Waals surface area contributed by atoms with Crippen molar-refractivity contribution in [3.8, 4) is 0 Å². The number of unbranched alkanes of at least 4 members (excludes halogenated alkanes) is 1. The van der Waals surface area contributed by atoms with E-state index >= 15 is 0 Å². The van der Waals surface area contributed by atoms with Crippen molar-refractivity contribution >= 4 is 11.8 Å². The van der Waals surface area contributed by atoms with Gasteiger partial charge in [-0.1, -0.05) is 19.9 Å². The van der Waals surface area contributed by atoms with Crippen molar-refractivity contribution in [3.63, 3.8) is 0 Å². The van der Waals surface area contributed by atoms with Gasteiger partial charge >= 0.3 is 0 Å². The van der Waals surface area contributed by atoms with Crippen LogP contribution in [0.25, 0.3) is 0 Å². The first-order valence-corrected chi connectivity index (χ1v) is 9.60. The quantitative estimate of drug-likeness (QED) is 0.403. The molecule has 0 fully saturated rings. The summed E-state index contributed by atoms with van der Waals surface area (Å²) in [6.45, 7) is 6.96. The average molecular weight is 372 g/mol. The zero-order valence-corrected chi connectivity index (χ0v) is 17.2. The van der Waals surface area contributed by atoms with Crippen molar-refractivity contribution in [2.75, 3.05) is 32.5 Å². The zero-order chi connectivity index (χ0) is 19.6. The van der Waals surface area contributed by atoms with Crippen LogP contribution in [-0.4, -0.2) is 52.8 Å². The lowest BCUT2D eigenvalue weighted by molar-refractivity contribution is 0.472. The Morgan fingerprint density at radius 1 is 1.26 bits per heavy atom. The topological polar surface area (TPSA) is 70.4 Å². The third-order valence-electron chi connectivity index (χ3n) is 4.32. The summed E-state index contributed by atoms with van der Waals surface area (Å²) in [5.74, 6) is 2.25. The number of nitrogens with zero attached hydrogens (tertiary/aromatic N) is 5. The highest BCUT2D eigenvalue weighted by atomic mass is 15.3. The molecule has 0 aliphatic heterocycles. The maximum Gasteiger partial charge on any atom is 0.193 e. The molecule has 2 N–H and O–H groups in total. The van der Waals surface area contributed by atoms with Gasteiger partial charge in [0.15, 0.2) is 5.96 Å². The Kier molecular flexibility index (Phi) is 8.10. The van der Waals surface area contributed by atoms with E-state index < -0.39 is 0 Å². The number of aliphatic imine (C=N–C) groups is 1. The Labute approximate surface area is 162 Å². The molecular formula is C20H33N7. The van der Waals surface area contributed by atoms with E-state index in [-0.39, 0.29) is 0 Å². The molecule has 2 rings (SSSR count).